The van der Waals surface area contributed by atoms with Crippen LogP contribution in [-0.4, -0.2) is 20.6 Å². The molecule has 2 N–H and O–H groups in total. The van der Waals surface area contributed by atoms with Gasteiger partial charge in [0.1, 0.15) is 11.3 Å². The highest BCUT2D eigenvalue weighted by Crippen LogP contribution is 2.32. The van der Waals surface area contributed by atoms with Gasteiger partial charge in [-0.1, -0.05) is 18.2 Å². The Balaban J connectivity index is 1.64. The summed E-state index contributed by atoms with van der Waals surface area (Å²) in [5.74, 6) is -0.559. The van der Waals surface area contributed by atoms with Crippen molar-refractivity contribution >= 4 is 33.7 Å². The van der Waals surface area contributed by atoms with Crippen molar-refractivity contribution in [3.8, 4) is 11.3 Å². The molecule has 5 rings (SSSR count). The van der Waals surface area contributed by atoms with E-state index in [1.165, 1.54) is 6.07 Å². The van der Waals surface area contributed by atoms with Crippen LogP contribution in [0, 0.1) is 6.92 Å². The second-order valence-electron chi connectivity index (χ2n) is 8.48. The van der Waals surface area contributed by atoms with E-state index in [1.54, 1.807) is 30.6 Å². The first-order valence-electron chi connectivity index (χ1n) is 10.9. The van der Waals surface area contributed by atoms with Crippen molar-refractivity contribution in [1.82, 2.24) is 9.55 Å². The summed E-state index contributed by atoms with van der Waals surface area (Å²) in [4.78, 5) is 29.1. The highest BCUT2D eigenvalue weighted by Gasteiger charge is 2.18. The molecule has 1 atom stereocenters. The van der Waals surface area contributed by atoms with Crippen molar-refractivity contribution in [1.29, 1.82) is 0 Å². The zero-order valence-corrected chi connectivity index (χ0v) is 19.0. The molecule has 0 aliphatic heterocycles. The highest BCUT2D eigenvalue weighted by atomic mass is 16.4. The number of carboxylic acid groups (broad SMARTS) is 1. The third-order valence-electron chi connectivity index (χ3n) is 6.01. The lowest BCUT2D eigenvalue weighted by Crippen LogP contribution is -2.12. The topological polar surface area (TPSA) is 97.4 Å². The number of hydrogen-bond donors (Lipinski definition) is 2. The molecule has 0 aliphatic rings. The third-order valence-corrected chi connectivity index (χ3v) is 6.01. The van der Waals surface area contributed by atoms with Crippen LogP contribution in [0.25, 0.3) is 33.3 Å². The molecule has 0 bridgehead atoms. The average Bonchev–Trinajstić information content (AvgIpc) is 3.19. The summed E-state index contributed by atoms with van der Waals surface area (Å²) in [5.41, 5.74) is 5.25. The molecule has 0 spiro atoms. The van der Waals surface area contributed by atoms with Gasteiger partial charge in [0.2, 0.25) is 0 Å². The van der Waals surface area contributed by atoms with Gasteiger partial charge in [-0.25, -0.2) is 9.78 Å². The summed E-state index contributed by atoms with van der Waals surface area (Å²) < 4.78 is 8.25. The van der Waals surface area contributed by atoms with E-state index < -0.39 is 5.97 Å². The zero-order valence-electron chi connectivity index (χ0n) is 19.0. The number of carboxylic acids is 1. The fraction of sp³-hybridized carbons (Fsp3) is 0.148. The molecule has 0 saturated heterocycles. The minimum atomic E-state index is -1.01. The molecule has 0 radical (unpaired) electrons. The summed E-state index contributed by atoms with van der Waals surface area (Å²) in [7, 11) is 1.93. The van der Waals surface area contributed by atoms with Crippen LogP contribution < -0.4 is 10.7 Å². The van der Waals surface area contributed by atoms with Gasteiger partial charge in [0.05, 0.1) is 34.4 Å². The van der Waals surface area contributed by atoms with E-state index >= 15 is 0 Å². The third kappa shape index (κ3) is 3.71. The van der Waals surface area contributed by atoms with Gasteiger partial charge in [0.25, 0.3) is 0 Å². The maximum atomic E-state index is 13.1. The predicted octanol–water partition coefficient (Wildman–Crippen LogP) is 5.53. The number of nitrogens with one attached hydrogen (secondary N) is 1. The minimum absolute atomic E-state index is 0.138. The summed E-state index contributed by atoms with van der Waals surface area (Å²) in [6.45, 7) is 3.84. The van der Waals surface area contributed by atoms with Crippen LogP contribution >= 0.6 is 0 Å². The van der Waals surface area contributed by atoms with Gasteiger partial charge in [-0.2, -0.15) is 0 Å². The quantitative estimate of drug-likeness (QED) is 0.363. The number of benzene rings is 3. The number of nitrogens with zero attached hydrogens (tertiary/aromatic N) is 2. The maximum absolute atomic E-state index is 13.1. The van der Waals surface area contributed by atoms with Crippen LogP contribution in [-0.2, 0) is 7.05 Å². The van der Waals surface area contributed by atoms with E-state index in [2.05, 4.69) is 10.3 Å². The van der Waals surface area contributed by atoms with Crippen LogP contribution in [0.2, 0.25) is 0 Å². The number of carbonyl (C=O) groups is 1. The van der Waals surface area contributed by atoms with Crippen molar-refractivity contribution in [3.63, 3.8) is 0 Å². The molecule has 2 heterocycles. The normalized spacial score (nSPS) is 12.2. The Morgan fingerprint density at radius 3 is 2.71 bits per heavy atom. The highest BCUT2D eigenvalue weighted by molar-refractivity contribution is 5.94. The second-order valence-corrected chi connectivity index (χ2v) is 8.48. The Labute approximate surface area is 195 Å². The van der Waals surface area contributed by atoms with Gasteiger partial charge in [0, 0.05) is 29.9 Å². The summed E-state index contributed by atoms with van der Waals surface area (Å²) >= 11 is 0. The first kappa shape index (κ1) is 21.5. The fourth-order valence-electron chi connectivity index (χ4n) is 4.29. The lowest BCUT2D eigenvalue weighted by Gasteiger charge is -2.19. The number of rotatable bonds is 5. The molecule has 34 heavy (non-hydrogen) atoms. The van der Waals surface area contributed by atoms with E-state index in [4.69, 9.17) is 4.42 Å². The van der Waals surface area contributed by atoms with Crippen molar-refractivity contribution in [3.05, 3.63) is 93.9 Å². The minimum Gasteiger partial charge on any atom is -0.478 e. The smallest absolute Gasteiger partial charge is 0.337 e. The van der Waals surface area contributed by atoms with Gasteiger partial charge < -0.3 is 19.4 Å². The molecule has 7 nitrogen and oxygen atoms in total. The monoisotopic (exact) mass is 453 g/mol. The van der Waals surface area contributed by atoms with Crippen LogP contribution in [0.5, 0.6) is 0 Å². The molecule has 0 aliphatic carbocycles. The van der Waals surface area contributed by atoms with Gasteiger partial charge in [0.15, 0.2) is 5.43 Å². The molecule has 7 heteroatoms. The Bertz CT molecular complexity index is 1630. The van der Waals surface area contributed by atoms with Crippen molar-refractivity contribution in [2.75, 3.05) is 5.32 Å². The number of fused-ring (bicyclic) bond motifs is 2. The van der Waals surface area contributed by atoms with E-state index in [9.17, 15) is 14.7 Å². The number of hydrogen-bond acceptors (Lipinski definition) is 5. The summed E-state index contributed by atoms with van der Waals surface area (Å²) in [6.07, 6.45) is 1.74. The van der Waals surface area contributed by atoms with E-state index in [-0.39, 0.29) is 17.0 Å². The molecule has 0 amide bonds. The summed E-state index contributed by atoms with van der Waals surface area (Å²) in [6, 6.07) is 17.5. The molecule has 2 aromatic heterocycles. The van der Waals surface area contributed by atoms with Crippen LogP contribution in [0.4, 0.5) is 5.69 Å². The molecule has 0 unspecified atom stereocenters. The fourth-order valence-corrected chi connectivity index (χ4v) is 4.29. The van der Waals surface area contributed by atoms with Crippen LogP contribution in [0.3, 0.4) is 0 Å². The summed E-state index contributed by atoms with van der Waals surface area (Å²) in [5, 5.41) is 13.3. The van der Waals surface area contributed by atoms with Gasteiger partial charge >= 0.3 is 5.97 Å². The van der Waals surface area contributed by atoms with Gasteiger partial charge in [-0.15, -0.1) is 0 Å². The Kier molecular flexibility index (Phi) is 5.17. The number of aryl methyl sites for hydroxylation is 2. The van der Waals surface area contributed by atoms with E-state index in [1.807, 2.05) is 55.8 Å². The number of para-hydroxylation sites is 1. The van der Waals surface area contributed by atoms with E-state index in [0.29, 0.717) is 22.4 Å². The Hall–Kier alpha value is -4.39. The maximum Gasteiger partial charge on any atom is 0.337 e. The molecule has 3 aromatic carbocycles. The average molecular weight is 453 g/mol. The molecule has 5 aromatic rings. The van der Waals surface area contributed by atoms with Crippen molar-refractivity contribution in [2.45, 2.75) is 19.9 Å². The number of aromatic nitrogens is 2. The molecule has 170 valence electrons. The predicted molar refractivity (Wildman–Crippen MR) is 132 cm³/mol. The SMILES string of the molecule is Cc1cc([C@@H](C)Nc2ccccc2C(=O)O)c2oc(-c3ccc4c(c3)ncn4C)cc(=O)c2c1. The van der Waals surface area contributed by atoms with Crippen molar-refractivity contribution in [2.24, 2.45) is 7.05 Å². The Morgan fingerprint density at radius 2 is 1.91 bits per heavy atom. The standard InChI is InChI=1S/C27H23N3O4/c1-15-10-19(16(2)29-21-7-5-4-6-18(21)27(32)33)26-20(11-15)24(31)13-25(34-26)17-8-9-23-22(12-17)28-14-30(23)3/h4-14,16,29H,1-3H3,(H,32,33)/t16-/m1/s1. The second kappa shape index (κ2) is 8.19. The first-order valence-corrected chi connectivity index (χ1v) is 10.9. The van der Waals surface area contributed by atoms with Gasteiger partial charge in [-0.3, -0.25) is 4.79 Å². The number of aromatic carboxylic acids is 1. The lowest BCUT2D eigenvalue weighted by atomic mass is 10.00. The Morgan fingerprint density at radius 1 is 1.12 bits per heavy atom. The largest absolute Gasteiger partial charge is 0.478 e. The van der Waals surface area contributed by atoms with Gasteiger partial charge in [-0.05, 0) is 55.8 Å². The molecular weight excluding hydrogens is 430 g/mol. The van der Waals surface area contributed by atoms with E-state index in [0.717, 1.165) is 27.7 Å². The lowest BCUT2D eigenvalue weighted by molar-refractivity contribution is 0.0698. The molecule has 0 fully saturated rings. The molecular formula is C27H23N3O4. The number of imidazole rings is 1. The van der Waals surface area contributed by atoms with Crippen LogP contribution in [0.15, 0.2) is 76.2 Å². The number of anilines is 1. The zero-order chi connectivity index (χ0) is 24.0. The van der Waals surface area contributed by atoms with Crippen molar-refractivity contribution < 1.29 is 14.3 Å². The van der Waals surface area contributed by atoms with Crippen LogP contribution in [0.1, 0.15) is 34.5 Å². The first-order chi connectivity index (χ1) is 16.3. The molecule has 0 saturated carbocycles.